The van der Waals surface area contributed by atoms with Gasteiger partial charge in [-0.25, -0.2) is 4.98 Å². The summed E-state index contributed by atoms with van der Waals surface area (Å²) < 4.78 is 7.00. The summed E-state index contributed by atoms with van der Waals surface area (Å²) in [5.74, 6) is 0. The molecule has 1 aromatic heterocycles. The molecule has 1 radical (unpaired) electrons. The Bertz CT molecular complexity index is 243. The zero-order valence-corrected chi connectivity index (χ0v) is 7.92. The smallest absolute Gasteiger partial charge is 0.176 e. The molecular weight excluding hydrogens is 152 g/mol. The molecule has 0 unspecified atom stereocenters. The van der Waals surface area contributed by atoms with Crippen LogP contribution in [-0.4, -0.2) is 23.3 Å². The minimum absolute atomic E-state index is 0.796. The van der Waals surface area contributed by atoms with Crippen LogP contribution in [0.25, 0.3) is 0 Å². The normalized spacial score (nSPS) is 10.6. The molecule has 12 heavy (non-hydrogen) atoms. The molecule has 0 N–H and O–H groups in total. The van der Waals surface area contributed by atoms with E-state index in [0.29, 0.717) is 0 Å². The van der Waals surface area contributed by atoms with Crippen LogP contribution in [0.1, 0.15) is 17.8 Å². The largest absolute Gasteiger partial charge is 0.385 e. The van der Waals surface area contributed by atoms with Crippen molar-refractivity contribution in [2.45, 2.75) is 26.8 Å². The molecule has 0 atom stereocenters. The van der Waals surface area contributed by atoms with E-state index in [4.69, 9.17) is 4.74 Å². The second-order valence-corrected chi connectivity index (χ2v) is 2.88. The van der Waals surface area contributed by atoms with Crippen molar-refractivity contribution in [2.24, 2.45) is 0 Å². The Kier molecular flexibility index (Phi) is 3.29. The van der Waals surface area contributed by atoms with E-state index in [1.165, 1.54) is 5.69 Å². The molecule has 0 aliphatic rings. The maximum Gasteiger partial charge on any atom is 0.176 e. The number of aromatic nitrogens is 2. The lowest BCUT2D eigenvalue weighted by atomic mass is 10.3. The molecule has 0 aliphatic carbocycles. The monoisotopic (exact) mass is 167 g/mol. The Morgan fingerprint density at radius 1 is 1.50 bits per heavy atom. The van der Waals surface area contributed by atoms with Crippen molar-refractivity contribution in [3.8, 4) is 0 Å². The maximum absolute atomic E-state index is 4.96. The molecule has 0 saturated carbocycles. The second kappa shape index (κ2) is 4.26. The maximum atomic E-state index is 4.96. The van der Waals surface area contributed by atoms with Crippen LogP contribution < -0.4 is 0 Å². The highest BCUT2D eigenvalue weighted by Gasteiger charge is 2.00. The third-order valence-electron chi connectivity index (χ3n) is 2.00. The van der Waals surface area contributed by atoms with Crippen LogP contribution in [0.2, 0.25) is 0 Å². The number of imidazole rings is 1. The number of methoxy groups -OCH3 is 1. The van der Waals surface area contributed by atoms with Crippen LogP contribution in [0.15, 0.2) is 0 Å². The first-order valence-electron chi connectivity index (χ1n) is 4.16. The summed E-state index contributed by atoms with van der Waals surface area (Å²) in [5.41, 5.74) is 2.26. The summed E-state index contributed by atoms with van der Waals surface area (Å²) >= 11 is 0. The van der Waals surface area contributed by atoms with E-state index in [-0.39, 0.29) is 0 Å². The number of nitrogens with zero attached hydrogens (tertiary/aromatic N) is 2. The van der Waals surface area contributed by atoms with Crippen LogP contribution >= 0.6 is 0 Å². The van der Waals surface area contributed by atoms with E-state index >= 15 is 0 Å². The predicted octanol–water partition coefficient (Wildman–Crippen LogP) is 1.34. The van der Waals surface area contributed by atoms with Crippen LogP contribution in [-0.2, 0) is 11.3 Å². The van der Waals surface area contributed by atoms with Crippen molar-refractivity contribution in [1.82, 2.24) is 9.55 Å². The molecule has 1 rings (SSSR count). The molecule has 0 aliphatic heterocycles. The van der Waals surface area contributed by atoms with Crippen molar-refractivity contribution in [2.75, 3.05) is 13.7 Å². The van der Waals surface area contributed by atoms with Gasteiger partial charge in [0.15, 0.2) is 6.33 Å². The average molecular weight is 167 g/mol. The Morgan fingerprint density at radius 3 is 2.75 bits per heavy atom. The first-order chi connectivity index (χ1) is 5.75. The summed E-state index contributed by atoms with van der Waals surface area (Å²) in [6, 6.07) is 0. The van der Waals surface area contributed by atoms with E-state index in [9.17, 15) is 0 Å². The molecule has 0 saturated heterocycles. The fourth-order valence-electron chi connectivity index (χ4n) is 1.07. The lowest BCUT2D eigenvalue weighted by molar-refractivity contribution is 0.190. The van der Waals surface area contributed by atoms with Gasteiger partial charge in [-0.05, 0) is 20.3 Å². The fourth-order valence-corrected chi connectivity index (χ4v) is 1.07. The third-order valence-corrected chi connectivity index (χ3v) is 2.00. The van der Waals surface area contributed by atoms with Gasteiger partial charge in [-0.2, -0.15) is 0 Å². The van der Waals surface area contributed by atoms with Gasteiger partial charge in [0, 0.05) is 26.0 Å². The molecule has 67 valence electrons. The Labute approximate surface area is 73.4 Å². The summed E-state index contributed by atoms with van der Waals surface area (Å²) in [6.07, 6.45) is 3.96. The zero-order chi connectivity index (χ0) is 8.97. The van der Waals surface area contributed by atoms with Gasteiger partial charge in [-0.1, -0.05) is 0 Å². The van der Waals surface area contributed by atoms with Gasteiger partial charge >= 0.3 is 0 Å². The van der Waals surface area contributed by atoms with E-state index in [1.807, 2.05) is 11.5 Å². The highest BCUT2D eigenvalue weighted by molar-refractivity contribution is 5.07. The van der Waals surface area contributed by atoms with Gasteiger partial charge in [-0.3, -0.25) is 0 Å². The van der Waals surface area contributed by atoms with Crippen molar-refractivity contribution in [3.05, 3.63) is 17.7 Å². The number of ether oxygens (including phenoxy) is 1. The first kappa shape index (κ1) is 9.26. The molecule has 0 amide bonds. The fraction of sp³-hybridized carbons (Fsp3) is 0.667. The van der Waals surface area contributed by atoms with E-state index in [0.717, 1.165) is 25.3 Å². The standard InChI is InChI=1S/C9H15N2O/c1-8-9(2)11(7-10-8)5-4-6-12-3/h4-6H2,1-3H3. The molecule has 0 aromatic carbocycles. The average Bonchev–Trinajstić information content (AvgIpc) is 2.36. The summed E-state index contributed by atoms with van der Waals surface area (Å²) in [6.45, 7) is 5.80. The Balaban J connectivity index is 2.46. The highest BCUT2D eigenvalue weighted by atomic mass is 16.5. The predicted molar refractivity (Wildman–Crippen MR) is 47.0 cm³/mol. The molecule has 3 nitrogen and oxygen atoms in total. The molecule has 1 heterocycles. The molecule has 0 spiro atoms. The van der Waals surface area contributed by atoms with Crippen LogP contribution in [0.3, 0.4) is 0 Å². The Hall–Kier alpha value is -0.830. The van der Waals surface area contributed by atoms with Crippen molar-refractivity contribution in [1.29, 1.82) is 0 Å². The minimum Gasteiger partial charge on any atom is -0.385 e. The molecule has 0 bridgehead atoms. The van der Waals surface area contributed by atoms with Gasteiger partial charge in [0.05, 0.1) is 5.69 Å². The van der Waals surface area contributed by atoms with E-state index in [2.05, 4.69) is 18.2 Å². The quantitative estimate of drug-likeness (QED) is 0.633. The summed E-state index contributed by atoms with van der Waals surface area (Å²) in [5, 5.41) is 0. The van der Waals surface area contributed by atoms with Crippen molar-refractivity contribution >= 4 is 0 Å². The van der Waals surface area contributed by atoms with Crippen molar-refractivity contribution in [3.63, 3.8) is 0 Å². The summed E-state index contributed by atoms with van der Waals surface area (Å²) in [7, 11) is 1.72. The topological polar surface area (TPSA) is 27.1 Å². The van der Waals surface area contributed by atoms with Gasteiger partial charge in [0.2, 0.25) is 0 Å². The van der Waals surface area contributed by atoms with Crippen LogP contribution in [0.4, 0.5) is 0 Å². The minimum atomic E-state index is 0.796. The van der Waals surface area contributed by atoms with E-state index < -0.39 is 0 Å². The highest BCUT2D eigenvalue weighted by Crippen LogP contribution is 2.03. The van der Waals surface area contributed by atoms with Crippen molar-refractivity contribution < 1.29 is 4.74 Å². The molecule has 1 aromatic rings. The lowest BCUT2D eigenvalue weighted by Gasteiger charge is -2.03. The number of rotatable bonds is 4. The Morgan fingerprint density at radius 2 is 2.25 bits per heavy atom. The lowest BCUT2D eigenvalue weighted by Crippen LogP contribution is -2.02. The number of aryl methyl sites for hydroxylation is 2. The molecule has 3 heteroatoms. The zero-order valence-electron chi connectivity index (χ0n) is 7.92. The SMILES string of the molecule is COCCCn1[c]nc(C)c1C. The van der Waals surface area contributed by atoms with Crippen LogP contribution in [0.5, 0.6) is 0 Å². The van der Waals surface area contributed by atoms with E-state index in [1.54, 1.807) is 7.11 Å². The second-order valence-electron chi connectivity index (χ2n) is 2.88. The summed E-state index contributed by atoms with van der Waals surface area (Å²) in [4.78, 5) is 4.09. The number of hydrogen-bond donors (Lipinski definition) is 0. The van der Waals surface area contributed by atoms with Crippen LogP contribution in [0, 0.1) is 20.2 Å². The molecular formula is C9H15N2O. The van der Waals surface area contributed by atoms with Gasteiger partial charge in [0.1, 0.15) is 0 Å². The molecule has 0 fully saturated rings. The van der Waals surface area contributed by atoms with Gasteiger partial charge in [-0.15, -0.1) is 0 Å². The first-order valence-corrected chi connectivity index (χ1v) is 4.16. The van der Waals surface area contributed by atoms with Gasteiger partial charge in [0.25, 0.3) is 0 Å². The number of hydrogen-bond acceptors (Lipinski definition) is 2. The van der Waals surface area contributed by atoms with Gasteiger partial charge < -0.3 is 9.30 Å². The third kappa shape index (κ3) is 2.08.